The Morgan fingerprint density at radius 2 is 2.56 bits per heavy atom. The number of hydrogen-bond donors (Lipinski definition) is 2. The van der Waals surface area contributed by atoms with Gasteiger partial charge in [-0.1, -0.05) is 0 Å². The second-order valence-electron chi connectivity index (χ2n) is 1.56. The van der Waals surface area contributed by atoms with Gasteiger partial charge >= 0.3 is 0 Å². The summed E-state index contributed by atoms with van der Waals surface area (Å²) in [6.45, 7) is 0.229. The molecule has 5 heteroatoms. The molecule has 0 aliphatic carbocycles. The number of hydroxylamine groups is 1. The fraction of sp³-hybridized carbons (Fsp3) is 0.250. The highest BCUT2D eigenvalue weighted by molar-refractivity contribution is 8.00. The van der Waals surface area contributed by atoms with Gasteiger partial charge in [0.1, 0.15) is 0 Å². The monoisotopic (exact) mass is 143 g/mol. The fourth-order valence-corrected chi connectivity index (χ4v) is 1.15. The molecule has 48 valence electrons. The topological polar surface area (TPSA) is 73.3 Å². The summed E-state index contributed by atoms with van der Waals surface area (Å²) in [6, 6.07) is 1.88. The van der Waals surface area contributed by atoms with Crippen molar-refractivity contribution in [2.75, 3.05) is 6.54 Å². The van der Waals surface area contributed by atoms with Gasteiger partial charge in [-0.25, -0.2) is 0 Å². The van der Waals surface area contributed by atoms with E-state index in [9.17, 15) is 0 Å². The second kappa shape index (κ2) is 2.27. The first-order valence-electron chi connectivity index (χ1n) is 2.27. The Hall–Kier alpha value is -0.700. The molecule has 1 aliphatic heterocycles. The Bertz CT molecular complexity index is 194. The van der Waals surface area contributed by atoms with Crippen LogP contribution in [0.2, 0.25) is 0 Å². The summed E-state index contributed by atoms with van der Waals surface area (Å²) in [4.78, 5) is 0. The molecule has 0 aromatic carbocycles. The number of nitrogens with zero attached hydrogens (tertiary/aromatic N) is 2. The van der Waals surface area contributed by atoms with Crippen molar-refractivity contribution in [1.82, 2.24) is 4.47 Å². The van der Waals surface area contributed by atoms with Crippen LogP contribution in [0.1, 0.15) is 0 Å². The summed E-state index contributed by atoms with van der Waals surface area (Å²) in [5.74, 6) is 0. The lowest BCUT2D eigenvalue weighted by atomic mass is 10.3. The smallest absolute Gasteiger partial charge is 0.0990 e. The molecule has 0 aromatic rings. The summed E-state index contributed by atoms with van der Waals surface area (Å²) in [5.41, 5.74) is 5.73. The normalized spacial score (nSPS) is 20.4. The summed E-state index contributed by atoms with van der Waals surface area (Å²) in [6.07, 6.45) is 0. The highest BCUT2D eigenvalue weighted by Gasteiger charge is 2.18. The molecule has 0 saturated carbocycles. The lowest BCUT2D eigenvalue weighted by Crippen LogP contribution is -2.05. The van der Waals surface area contributed by atoms with E-state index < -0.39 is 0 Å². The Morgan fingerprint density at radius 1 is 1.89 bits per heavy atom. The third-order valence-corrected chi connectivity index (χ3v) is 1.71. The fourth-order valence-electron chi connectivity index (χ4n) is 0.505. The van der Waals surface area contributed by atoms with Gasteiger partial charge in [-0.3, -0.25) is 0 Å². The van der Waals surface area contributed by atoms with Crippen molar-refractivity contribution < 1.29 is 5.21 Å². The molecule has 0 amide bonds. The van der Waals surface area contributed by atoms with E-state index in [-0.39, 0.29) is 6.54 Å². The lowest BCUT2D eigenvalue weighted by Gasteiger charge is -1.99. The van der Waals surface area contributed by atoms with Gasteiger partial charge in [0.25, 0.3) is 0 Å². The molecule has 1 aliphatic rings. The van der Waals surface area contributed by atoms with Crippen molar-refractivity contribution >= 4 is 11.9 Å². The van der Waals surface area contributed by atoms with Crippen LogP contribution >= 0.6 is 11.9 Å². The number of rotatable bonds is 0. The highest BCUT2D eigenvalue weighted by atomic mass is 32.2. The van der Waals surface area contributed by atoms with Crippen LogP contribution in [0.4, 0.5) is 0 Å². The van der Waals surface area contributed by atoms with Gasteiger partial charge < -0.3 is 10.9 Å². The number of nitriles is 1. The van der Waals surface area contributed by atoms with E-state index in [1.54, 1.807) is 0 Å². The van der Waals surface area contributed by atoms with Crippen LogP contribution in [-0.2, 0) is 0 Å². The molecular weight excluding hydrogens is 138 g/mol. The molecule has 1 rings (SSSR count). The van der Waals surface area contributed by atoms with Gasteiger partial charge in [0.05, 0.1) is 23.2 Å². The zero-order valence-electron chi connectivity index (χ0n) is 4.53. The summed E-state index contributed by atoms with van der Waals surface area (Å²) in [7, 11) is 0. The van der Waals surface area contributed by atoms with Crippen LogP contribution in [0.15, 0.2) is 10.6 Å². The second-order valence-corrected chi connectivity index (χ2v) is 2.60. The average molecular weight is 143 g/mol. The third kappa shape index (κ3) is 1.16. The van der Waals surface area contributed by atoms with Crippen molar-refractivity contribution in [2.24, 2.45) is 5.73 Å². The van der Waals surface area contributed by atoms with Crippen LogP contribution in [-0.4, -0.2) is 16.2 Å². The summed E-state index contributed by atoms with van der Waals surface area (Å²) in [5, 5.41) is 17.4. The van der Waals surface area contributed by atoms with E-state index in [2.05, 4.69) is 0 Å². The molecule has 4 nitrogen and oxygen atoms in total. The molecule has 0 saturated heterocycles. The first kappa shape index (κ1) is 6.42. The van der Waals surface area contributed by atoms with Crippen molar-refractivity contribution in [3.8, 4) is 6.07 Å². The Morgan fingerprint density at radius 3 is 2.78 bits per heavy atom. The molecule has 0 spiro atoms. The average Bonchev–Trinajstić information content (AvgIpc) is 2.10. The van der Waals surface area contributed by atoms with Gasteiger partial charge in [0, 0.05) is 11.9 Å². The molecule has 3 N–H and O–H groups in total. The SMILES string of the molecule is N#CC1=C(N)SN(O)C1. The van der Waals surface area contributed by atoms with Crippen LogP contribution in [0.5, 0.6) is 0 Å². The van der Waals surface area contributed by atoms with Crippen molar-refractivity contribution in [1.29, 1.82) is 5.26 Å². The van der Waals surface area contributed by atoms with Gasteiger partial charge in [0.2, 0.25) is 0 Å². The molecular formula is C4H5N3OS. The highest BCUT2D eigenvalue weighted by Crippen LogP contribution is 2.25. The largest absolute Gasteiger partial charge is 0.392 e. The predicted molar refractivity (Wildman–Crippen MR) is 32.9 cm³/mol. The quantitative estimate of drug-likeness (QED) is 0.468. The third-order valence-electron chi connectivity index (χ3n) is 0.929. The zero-order chi connectivity index (χ0) is 6.85. The molecule has 0 aromatic heterocycles. The van der Waals surface area contributed by atoms with Crippen molar-refractivity contribution in [3.63, 3.8) is 0 Å². The minimum absolute atomic E-state index is 0.229. The van der Waals surface area contributed by atoms with Crippen LogP contribution < -0.4 is 5.73 Å². The Labute approximate surface area is 56.6 Å². The van der Waals surface area contributed by atoms with E-state index in [1.807, 2.05) is 6.07 Å². The van der Waals surface area contributed by atoms with Crippen LogP contribution in [0.25, 0.3) is 0 Å². The lowest BCUT2D eigenvalue weighted by molar-refractivity contribution is 0.0311. The maximum atomic E-state index is 8.72. The first-order valence-corrected chi connectivity index (χ1v) is 3.04. The minimum atomic E-state index is 0.229. The summed E-state index contributed by atoms with van der Waals surface area (Å²) >= 11 is 0.977. The number of nitrogens with two attached hydrogens (primary N) is 1. The van der Waals surface area contributed by atoms with Crippen molar-refractivity contribution in [2.45, 2.75) is 0 Å². The first-order chi connectivity index (χ1) is 4.24. The van der Waals surface area contributed by atoms with Crippen LogP contribution in [0, 0.1) is 11.3 Å². The zero-order valence-corrected chi connectivity index (χ0v) is 5.35. The molecule has 9 heavy (non-hydrogen) atoms. The summed E-state index contributed by atoms with van der Waals surface area (Å²) < 4.78 is 0.924. The maximum Gasteiger partial charge on any atom is 0.0990 e. The van der Waals surface area contributed by atoms with Gasteiger partial charge in [-0.15, -0.1) is 4.47 Å². The molecule has 1 heterocycles. The Balaban J connectivity index is 2.73. The van der Waals surface area contributed by atoms with E-state index in [0.29, 0.717) is 10.6 Å². The van der Waals surface area contributed by atoms with Crippen LogP contribution in [0.3, 0.4) is 0 Å². The van der Waals surface area contributed by atoms with Crippen molar-refractivity contribution in [3.05, 3.63) is 10.6 Å². The van der Waals surface area contributed by atoms with E-state index in [1.165, 1.54) is 0 Å². The van der Waals surface area contributed by atoms with Gasteiger partial charge in [0.15, 0.2) is 0 Å². The molecule has 0 atom stereocenters. The van der Waals surface area contributed by atoms with E-state index in [4.69, 9.17) is 16.2 Å². The van der Waals surface area contributed by atoms with Gasteiger partial charge in [-0.05, 0) is 0 Å². The van der Waals surface area contributed by atoms with Gasteiger partial charge in [-0.2, -0.15) is 5.26 Å². The Kier molecular flexibility index (Phi) is 1.62. The molecule has 0 unspecified atom stereocenters. The minimum Gasteiger partial charge on any atom is -0.392 e. The maximum absolute atomic E-state index is 8.72. The predicted octanol–water partition coefficient (Wildman–Crippen LogP) is 0.0333. The standard InChI is InChI=1S/C4H5N3OS/c5-1-3-2-7(8)9-4(3)6/h8H,2,6H2. The number of hydrogen-bond acceptors (Lipinski definition) is 5. The van der Waals surface area contributed by atoms with E-state index in [0.717, 1.165) is 16.4 Å². The molecule has 0 fully saturated rings. The molecule has 0 radical (unpaired) electrons. The van der Waals surface area contributed by atoms with E-state index >= 15 is 0 Å². The molecule has 0 bridgehead atoms.